The van der Waals surface area contributed by atoms with Gasteiger partial charge in [0.25, 0.3) is 0 Å². The Bertz CT molecular complexity index is 1240. The fraction of sp³-hybridized carbons (Fsp3) is 0.585. The van der Waals surface area contributed by atoms with Crippen LogP contribution in [0.1, 0.15) is 145 Å². The molecule has 5 heteroatoms. The topological polar surface area (TPSA) is 61.3 Å². The minimum absolute atomic E-state index is 0.386. The van der Waals surface area contributed by atoms with E-state index >= 15 is 0 Å². The first kappa shape index (κ1) is 35.6. The van der Waals surface area contributed by atoms with Gasteiger partial charge in [-0.05, 0) is 79.5 Å². The number of benzene rings is 2. The summed E-state index contributed by atoms with van der Waals surface area (Å²) in [4.78, 5) is 21.9. The van der Waals surface area contributed by atoms with Crippen molar-refractivity contribution >= 4 is 5.97 Å². The lowest BCUT2D eigenvalue weighted by Gasteiger charge is -2.31. The van der Waals surface area contributed by atoms with Crippen LogP contribution in [-0.2, 0) is 6.42 Å². The fourth-order valence-electron chi connectivity index (χ4n) is 6.86. The van der Waals surface area contributed by atoms with Crippen LogP contribution in [0.5, 0.6) is 11.5 Å². The second-order valence-electron chi connectivity index (χ2n) is 13.4. The number of carbonyl (C=O) groups is 1. The molecule has 3 aromatic rings. The number of aromatic nitrogens is 2. The highest BCUT2D eigenvalue weighted by atomic mass is 16.5. The Hall–Kier alpha value is -3.21. The van der Waals surface area contributed by atoms with Gasteiger partial charge in [0.2, 0.25) is 0 Å². The number of esters is 1. The van der Waals surface area contributed by atoms with Crippen molar-refractivity contribution in [3.05, 3.63) is 72.1 Å². The summed E-state index contributed by atoms with van der Waals surface area (Å²) in [6.07, 6.45) is 28.8. The third kappa shape index (κ3) is 12.5. The van der Waals surface area contributed by atoms with Crippen LogP contribution >= 0.6 is 0 Å². The summed E-state index contributed by atoms with van der Waals surface area (Å²) in [5.41, 5.74) is 2.55. The van der Waals surface area contributed by atoms with Gasteiger partial charge in [-0.2, -0.15) is 0 Å². The van der Waals surface area contributed by atoms with Crippen molar-refractivity contribution < 1.29 is 14.3 Å². The van der Waals surface area contributed by atoms with Crippen LogP contribution < -0.4 is 9.47 Å². The first-order valence-corrected chi connectivity index (χ1v) is 18.5. The molecule has 4 rings (SSSR count). The molecule has 1 aliphatic rings. The Kier molecular flexibility index (Phi) is 16.1. The van der Waals surface area contributed by atoms with Crippen molar-refractivity contribution in [2.45, 2.75) is 136 Å². The molecule has 1 fully saturated rings. The number of unbranched alkanes of at least 4 members (excludes halogenated alkanes) is 9. The van der Waals surface area contributed by atoms with Crippen molar-refractivity contribution in [3.8, 4) is 22.9 Å². The summed E-state index contributed by atoms with van der Waals surface area (Å²) in [6, 6.07) is 14.7. The van der Waals surface area contributed by atoms with E-state index in [1.54, 1.807) is 24.3 Å². The van der Waals surface area contributed by atoms with E-state index in [1.807, 2.05) is 36.7 Å². The van der Waals surface area contributed by atoms with Crippen molar-refractivity contribution in [2.75, 3.05) is 6.61 Å². The number of carbonyl (C=O) groups excluding carboxylic acids is 1. The van der Waals surface area contributed by atoms with Crippen LogP contribution in [0, 0.1) is 11.8 Å². The Labute approximate surface area is 278 Å². The van der Waals surface area contributed by atoms with Gasteiger partial charge in [0.05, 0.1) is 12.2 Å². The third-order valence-corrected chi connectivity index (χ3v) is 9.67. The predicted molar refractivity (Wildman–Crippen MR) is 190 cm³/mol. The van der Waals surface area contributed by atoms with E-state index in [-0.39, 0.29) is 5.97 Å². The van der Waals surface area contributed by atoms with Crippen molar-refractivity contribution in [3.63, 3.8) is 0 Å². The smallest absolute Gasteiger partial charge is 0.343 e. The van der Waals surface area contributed by atoms with E-state index in [2.05, 4.69) is 23.8 Å². The molecule has 0 N–H and O–H groups in total. The van der Waals surface area contributed by atoms with Crippen molar-refractivity contribution in [1.82, 2.24) is 9.97 Å². The normalized spacial score (nSPS) is 16.3. The van der Waals surface area contributed by atoms with Crippen molar-refractivity contribution in [2.24, 2.45) is 11.8 Å². The van der Waals surface area contributed by atoms with Gasteiger partial charge >= 0.3 is 5.97 Å². The van der Waals surface area contributed by atoms with Gasteiger partial charge in [0.1, 0.15) is 11.5 Å². The maximum absolute atomic E-state index is 12.8. The van der Waals surface area contributed by atoms with E-state index < -0.39 is 0 Å². The maximum atomic E-state index is 12.8. The molecular weight excluding hydrogens is 568 g/mol. The Balaban J connectivity index is 1.14. The molecule has 2 atom stereocenters. The van der Waals surface area contributed by atoms with E-state index in [0.29, 0.717) is 17.1 Å². The van der Waals surface area contributed by atoms with Gasteiger partial charge in [-0.1, -0.05) is 122 Å². The molecule has 250 valence electrons. The third-order valence-electron chi connectivity index (χ3n) is 9.67. The maximum Gasteiger partial charge on any atom is 0.343 e. The summed E-state index contributed by atoms with van der Waals surface area (Å²) < 4.78 is 11.7. The predicted octanol–water partition coefficient (Wildman–Crippen LogP) is 11.6. The van der Waals surface area contributed by atoms with Crippen LogP contribution in [0.2, 0.25) is 0 Å². The summed E-state index contributed by atoms with van der Waals surface area (Å²) in [5, 5.41) is 0. The fourth-order valence-corrected chi connectivity index (χ4v) is 6.86. The molecule has 2 unspecified atom stereocenters. The zero-order valence-corrected chi connectivity index (χ0v) is 28.7. The molecule has 0 amide bonds. The SMILES string of the molecule is CCCCCCCCCCc1cnc(-c2ccc(C(=O)Oc3ccc(OCCCC4CCCCC4CCCCC)cc3)cc2)nc1. The van der Waals surface area contributed by atoms with Crippen LogP contribution in [0.4, 0.5) is 0 Å². The molecule has 0 aliphatic heterocycles. The Morgan fingerprint density at radius 2 is 1.24 bits per heavy atom. The summed E-state index contributed by atoms with van der Waals surface area (Å²) in [5.74, 6) is 3.39. The van der Waals surface area contributed by atoms with Crippen LogP contribution in [0.25, 0.3) is 11.4 Å². The molecule has 0 saturated heterocycles. The van der Waals surface area contributed by atoms with E-state index in [9.17, 15) is 4.79 Å². The summed E-state index contributed by atoms with van der Waals surface area (Å²) in [7, 11) is 0. The highest BCUT2D eigenvalue weighted by molar-refractivity contribution is 5.91. The first-order valence-electron chi connectivity index (χ1n) is 18.5. The minimum Gasteiger partial charge on any atom is -0.494 e. The molecule has 0 radical (unpaired) electrons. The van der Waals surface area contributed by atoms with E-state index in [4.69, 9.17) is 9.47 Å². The average molecular weight is 627 g/mol. The van der Waals surface area contributed by atoms with Gasteiger partial charge in [0, 0.05) is 18.0 Å². The van der Waals surface area contributed by atoms with Gasteiger partial charge in [-0.25, -0.2) is 14.8 Å². The first-order chi connectivity index (χ1) is 22.7. The molecule has 0 spiro atoms. The lowest BCUT2D eigenvalue weighted by Crippen LogP contribution is -2.20. The van der Waals surface area contributed by atoms with Crippen LogP contribution in [0.3, 0.4) is 0 Å². The van der Waals surface area contributed by atoms with Crippen LogP contribution in [-0.4, -0.2) is 22.5 Å². The molecule has 5 nitrogen and oxygen atoms in total. The molecule has 46 heavy (non-hydrogen) atoms. The van der Waals surface area contributed by atoms with E-state index in [1.165, 1.54) is 115 Å². The largest absolute Gasteiger partial charge is 0.494 e. The number of ether oxygens (including phenoxy) is 2. The minimum atomic E-state index is -0.386. The molecule has 1 aromatic heterocycles. The quantitative estimate of drug-likeness (QED) is 0.0669. The van der Waals surface area contributed by atoms with E-state index in [0.717, 1.165) is 42.6 Å². The highest BCUT2D eigenvalue weighted by Crippen LogP contribution is 2.36. The molecule has 1 heterocycles. The number of nitrogens with zero attached hydrogens (tertiary/aromatic N) is 2. The molecule has 0 bridgehead atoms. The molecule has 1 saturated carbocycles. The molecule has 1 aliphatic carbocycles. The number of aryl methyl sites for hydroxylation is 1. The second kappa shape index (κ2) is 20.8. The lowest BCUT2D eigenvalue weighted by atomic mass is 9.74. The van der Waals surface area contributed by atoms with Gasteiger partial charge in [0.15, 0.2) is 5.82 Å². The van der Waals surface area contributed by atoms with Gasteiger partial charge in [-0.3, -0.25) is 0 Å². The Morgan fingerprint density at radius 1 is 0.674 bits per heavy atom. The van der Waals surface area contributed by atoms with Crippen molar-refractivity contribution in [1.29, 1.82) is 0 Å². The standard InChI is InChI=1S/C41H58N2O3/c1-3-5-7-8-9-10-11-13-17-33-31-42-40(43-32-33)36-22-24-37(25-23-36)41(44)46-39-28-26-38(27-29-39)45-30-16-21-35-20-15-14-19-34(35)18-12-6-4-2/h22-29,31-32,34-35H,3-21,30H2,1-2H3. The monoisotopic (exact) mass is 626 g/mol. The zero-order valence-electron chi connectivity index (χ0n) is 28.7. The summed E-state index contributed by atoms with van der Waals surface area (Å²) in [6.45, 7) is 5.28. The summed E-state index contributed by atoms with van der Waals surface area (Å²) >= 11 is 0. The van der Waals surface area contributed by atoms with Gasteiger partial charge < -0.3 is 9.47 Å². The molecular formula is C41H58N2O3. The highest BCUT2D eigenvalue weighted by Gasteiger charge is 2.24. The number of hydrogen-bond acceptors (Lipinski definition) is 5. The van der Waals surface area contributed by atoms with Crippen LogP contribution in [0.15, 0.2) is 60.9 Å². The number of rotatable bonds is 21. The Morgan fingerprint density at radius 3 is 1.89 bits per heavy atom. The average Bonchev–Trinajstić information content (AvgIpc) is 3.09. The molecule has 2 aromatic carbocycles. The van der Waals surface area contributed by atoms with Gasteiger partial charge in [-0.15, -0.1) is 0 Å². The zero-order chi connectivity index (χ0) is 32.2. The second-order valence-corrected chi connectivity index (χ2v) is 13.4. The lowest BCUT2D eigenvalue weighted by molar-refractivity contribution is 0.0734. The number of hydrogen-bond donors (Lipinski definition) is 0.